The van der Waals surface area contributed by atoms with Gasteiger partial charge in [0.15, 0.2) is 0 Å². The molecular formula is C9H14OS2. The first-order valence-corrected chi connectivity index (χ1v) is 6.73. The summed E-state index contributed by atoms with van der Waals surface area (Å²) < 4.78 is 0. The number of Topliss-reactive ketones (excluding diaryl/α,β-unsaturated/α-hetero) is 1. The van der Waals surface area contributed by atoms with Gasteiger partial charge in [0.1, 0.15) is 5.78 Å². The minimum absolute atomic E-state index is 0.353. The third kappa shape index (κ3) is 1.82. The molecule has 0 aromatic heterocycles. The molecule has 0 N–H and O–H groups in total. The summed E-state index contributed by atoms with van der Waals surface area (Å²) in [5, 5.41) is 1.00. The van der Waals surface area contributed by atoms with Gasteiger partial charge in [-0.1, -0.05) is 0 Å². The largest absolute Gasteiger partial charge is 0.298 e. The van der Waals surface area contributed by atoms with Crippen LogP contribution in [0.25, 0.3) is 0 Å². The average Bonchev–Trinajstić information content (AvgIpc) is 2.30. The third-order valence-corrected chi connectivity index (χ3v) is 5.59. The van der Waals surface area contributed by atoms with Crippen molar-refractivity contribution in [2.24, 2.45) is 0 Å². The predicted octanol–water partition coefficient (Wildman–Crippen LogP) is 2.35. The molecule has 1 nitrogen and oxygen atoms in total. The molecule has 0 radical (unpaired) electrons. The molecule has 0 aromatic carbocycles. The smallest absolute Gasteiger partial charge is 0.146 e. The van der Waals surface area contributed by atoms with Crippen LogP contribution in [0.1, 0.15) is 25.7 Å². The lowest BCUT2D eigenvalue weighted by Crippen LogP contribution is -2.32. The van der Waals surface area contributed by atoms with Crippen molar-refractivity contribution in [1.29, 1.82) is 0 Å². The maximum atomic E-state index is 11.5. The molecule has 2 aliphatic rings. The first-order chi connectivity index (χ1) is 5.88. The summed E-state index contributed by atoms with van der Waals surface area (Å²) in [7, 11) is 0. The van der Waals surface area contributed by atoms with Crippen LogP contribution in [0.3, 0.4) is 0 Å². The topological polar surface area (TPSA) is 17.1 Å². The monoisotopic (exact) mass is 202 g/mol. The van der Waals surface area contributed by atoms with E-state index in [9.17, 15) is 4.79 Å². The third-order valence-electron chi connectivity index (χ3n) is 2.48. The van der Waals surface area contributed by atoms with Crippen LogP contribution in [0.5, 0.6) is 0 Å². The summed E-state index contributed by atoms with van der Waals surface area (Å²) in [6.07, 6.45) is 4.53. The lowest BCUT2D eigenvalue weighted by Gasteiger charge is -2.27. The average molecular weight is 202 g/mol. The molecule has 68 valence electrons. The van der Waals surface area contributed by atoms with Crippen molar-refractivity contribution in [1.82, 2.24) is 0 Å². The van der Waals surface area contributed by atoms with E-state index >= 15 is 0 Å². The van der Waals surface area contributed by atoms with E-state index in [0.717, 1.165) is 12.8 Å². The van der Waals surface area contributed by atoms with Crippen molar-refractivity contribution in [3.05, 3.63) is 0 Å². The number of thioether (sulfide) groups is 2. The van der Waals surface area contributed by atoms with Crippen molar-refractivity contribution in [2.45, 2.75) is 36.2 Å². The molecule has 0 spiro atoms. The summed E-state index contributed by atoms with van der Waals surface area (Å²) in [4.78, 5) is 11.5. The van der Waals surface area contributed by atoms with Crippen molar-refractivity contribution in [3.8, 4) is 0 Å². The lowest BCUT2D eigenvalue weighted by atomic mass is 9.98. The summed E-state index contributed by atoms with van der Waals surface area (Å²) >= 11 is 3.94. The second-order valence-electron chi connectivity index (χ2n) is 3.41. The van der Waals surface area contributed by atoms with Gasteiger partial charge < -0.3 is 0 Å². The molecule has 1 aliphatic carbocycles. The van der Waals surface area contributed by atoms with Crippen LogP contribution >= 0.6 is 23.5 Å². The highest BCUT2D eigenvalue weighted by molar-refractivity contribution is 8.04. The Hall–Kier alpha value is 0.370. The molecule has 3 heteroatoms. The van der Waals surface area contributed by atoms with Crippen LogP contribution in [0.2, 0.25) is 0 Å². The standard InChI is InChI=1S/C9H14OS2/c10-7-3-1-4-8-9(7)12-6-2-5-11-8/h8-9H,1-6H2. The van der Waals surface area contributed by atoms with Crippen LogP contribution in [0, 0.1) is 0 Å². The van der Waals surface area contributed by atoms with Crippen molar-refractivity contribution < 1.29 is 4.79 Å². The zero-order valence-electron chi connectivity index (χ0n) is 7.12. The predicted molar refractivity (Wildman–Crippen MR) is 56.0 cm³/mol. The molecule has 0 aromatic rings. The Bertz CT molecular complexity index is 181. The Morgan fingerprint density at radius 2 is 2.00 bits per heavy atom. The van der Waals surface area contributed by atoms with Gasteiger partial charge in [0.25, 0.3) is 0 Å². The van der Waals surface area contributed by atoms with Gasteiger partial charge in [-0.15, -0.1) is 11.8 Å². The van der Waals surface area contributed by atoms with Gasteiger partial charge in [-0.2, -0.15) is 11.8 Å². The Balaban J connectivity index is 2.05. The lowest BCUT2D eigenvalue weighted by molar-refractivity contribution is -0.119. The van der Waals surface area contributed by atoms with Crippen LogP contribution in [-0.2, 0) is 4.79 Å². The molecule has 1 aliphatic heterocycles. The van der Waals surface area contributed by atoms with Crippen LogP contribution in [0.4, 0.5) is 0 Å². The molecule has 1 saturated heterocycles. The zero-order chi connectivity index (χ0) is 8.39. The Labute approximate surface area is 82.1 Å². The molecule has 12 heavy (non-hydrogen) atoms. The van der Waals surface area contributed by atoms with Gasteiger partial charge in [0, 0.05) is 11.7 Å². The maximum absolute atomic E-state index is 11.5. The van der Waals surface area contributed by atoms with Crippen LogP contribution < -0.4 is 0 Å². The Morgan fingerprint density at radius 1 is 1.17 bits per heavy atom. The first-order valence-electron chi connectivity index (χ1n) is 4.64. The zero-order valence-corrected chi connectivity index (χ0v) is 8.76. The van der Waals surface area contributed by atoms with Gasteiger partial charge in [-0.3, -0.25) is 4.79 Å². The Kier molecular flexibility index (Phi) is 3.02. The Morgan fingerprint density at radius 3 is 2.92 bits per heavy atom. The second kappa shape index (κ2) is 4.05. The number of ketones is 1. The molecule has 0 bridgehead atoms. The van der Waals surface area contributed by atoms with Gasteiger partial charge in [0.05, 0.1) is 5.25 Å². The van der Waals surface area contributed by atoms with Crippen molar-refractivity contribution >= 4 is 29.3 Å². The number of hydrogen-bond donors (Lipinski definition) is 0. The number of rotatable bonds is 0. The fourth-order valence-electron chi connectivity index (χ4n) is 1.85. The van der Waals surface area contributed by atoms with E-state index in [-0.39, 0.29) is 0 Å². The highest BCUT2D eigenvalue weighted by atomic mass is 32.2. The molecule has 1 saturated carbocycles. The number of carbonyl (C=O) groups is 1. The number of fused-ring (bicyclic) bond motifs is 1. The molecule has 2 fully saturated rings. The minimum Gasteiger partial charge on any atom is -0.298 e. The van der Waals surface area contributed by atoms with E-state index in [1.54, 1.807) is 0 Å². The minimum atomic E-state index is 0.353. The van der Waals surface area contributed by atoms with Gasteiger partial charge in [0.2, 0.25) is 0 Å². The maximum Gasteiger partial charge on any atom is 0.146 e. The SMILES string of the molecule is O=C1CCCC2SCCCSC12. The molecule has 0 amide bonds. The van der Waals surface area contributed by atoms with E-state index in [1.807, 2.05) is 23.5 Å². The molecular weight excluding hydrogens is 188 g/mol. The van der Waals surface area contributed by atoms with Gasteiger partial charge in [-0.25, -0.2) is 0 Å². The van der Waals surface area contributed by atoms with Gasteiger partial charge in [-0.05, 0) is 30.8 Å². The fourth-order valence-corrected chi connectivity index (χ4v) is 5.00. The summed E-state index contributed by atoms with van der Waals surface area (Å²) in [5.41, 5.74) is 0. The van der Waals surface area contributed by atoms with E-state index < -0.39 is 0 Å². The number of carbonyl (C=O) groups excluding carboxylic acids is 1. The first kappa shape index (κ1) is 8.95. The van der Waals surface area contributed by atoms with E-state index in [2.05, 4.69) is 0 Å². The summed E-state index contributed by atoms with van der Waals surface area (Å²) in [6, 6.07) is 0. The van der Waals surface area contributed by atoms with E-state index in [4.69, 9.17) is 0 Å². The molecule has 2 rings (SSSR count). The molecule has 2 unspecified atom stereocenters. The van der Waals surface area contributed by atoms with Crippen molar-refractivity contribution in [3.63, 3.8) is 0 Å². The highest BCUT2D eigenvalue weighted by Gasteiger charge is 2.33. The quantitative estimate of drug-likeness (QED) is 0.600. The summed E-state index contributed by atoms with van der Waals surface area (Å²) in [5.74, 6) is 2.98. The van der Waals surface area contributed by atoms with Crippen LogP contribution in [0.15, 0.2) is 0 Å². The van der Waals surface area contributed by atoms with E-state index in [1.165, 1.54) is 24.3 Å². The van der Waals surface area contributed by atoms with Crippen LogP contribution in [-0.4, -0.2) is 27.8 Å². The van der Waals surface area contributed by atoms with Gasteiger partial charge >= 0.3 is 0 Å². The molecule has 2 atom stereocenters. The van der Waals surface area contributed by atoms with E-state index in [0.29, 0.717) is 16.3 Å². The number of hydrogen-bond acceptors (Lipinski definition) is 3. The highest BCUT2D eigenvalue weighted by Crippen LogP contribution is 2.37. The van der Waals surface area contributed by atoms with Crippen molar-refractivity contribution in [2.75, 3.05) is 11.5 Å². The molecule has 1 heterocycles. The summed E-state index contributed by atoms with van der Waals surface area (Å²) in [6.45, 7) is 0. The normalized spacial score (nSPS) is 37.2. The second-order valence-corrected chi connectivity index (χ2v) is 6.01. The fraction of sp³-hybridized carbons (Fsp3) is 0.889.